The molecule has 1 N–H and O–H groups in total. The van der Waals surface area contributed by atoms with E-state index in [9.17, 15) is 13.6 Å². The minimum atomic E-state index is -0.671. The third-order valence-electron chi connectivity index (χ3n) is 2.89. The van der Waals surface area contributed by atoms with Crippen molar-refractivity contribution in [1.82, 2.24) is 9.38 Å². The van der Waals surface area contributed by atoms with Crippen molar-refractivity contribution in [2.45, 2.75) is 5.88 Å². The van der Waals surface area contributed by atoms with Crippen LogP contribution in [0.25, 0.3) is 16.6 Å². The number of halogens is 3. The van der Waals surface area contributed by atoms with Gasteiger partial charge in [-0.15, -0.1) is 11.6 Å². The summed E-state index contributed by atoms with van der Waals surface area (Å²) in [4.78, 5) is 14.1. The molecule has 92 valence electrons. The predicted molar refractivity (Wildman–Crippen MR) is 65.0 cm³/mol. The van der Waals surface area contributed by atoms with Crippen LogP contribution in [0.4, 0.5) is 8.78 Å². The van der Waals surface area contributed by atoms with E-state index in [2.05, 4.69) is 4.98 Å². The Bertz CT molecular complexity index is 822. The molecule has 2 heterocycles. The zero-order valence-corrected chi connectivity index (χ0v) is 9.76. The number of hydrogen-bond donors (Lipinski definition) is 1. The molecule has 3 aromatic rings. The number of hydrogen-bond acceptors (Lipinski definition) is 1. The summed E-state index contributed by atoms with van der Waals surface area (Å²) >= 11 is 5.60. The normalized spacial score (nSPS) is 11.5. The largest absolute Gasteiger partial charge is 0.316 e. The predicted octanol–water partition coefficient (Wildman–Crippen LogP) is 2.80. The number of fused-ring (bicyclic) bond motifs is 3. The van der Waals surface area contributed by atoms with Gasteiger partial charge in [-0.2, -0.15) is 0 Å². The molecule has 3 rings (SSSR count). The fourth-order valence-corrected chi connectivity index (χ4v) is 2.24. The van der Waals surface area contributed by atoms with Crippen LogP contribution in [-0.2, 0) is 5.88 Å². The van der Waals surface area contributed by atoms with Crippen LogP contribution in [0.1, 0.15) is 5.56 Å². The van der Waals surface area contributed by atoms with Crippen LogP contribution >= 0.6 is 11.6 Å². The summed E-state index contributed by atoms with van der Waals surface area (Å²) in [6.07, 6.45) is 1.39. The second kappa shape index (κ2) is 3.81. The van der Waals surface area contributed by atoms with E-state index in [0.29, 0.717) is 5.52 Å². The second-order valence-corrected chi connectivity index (χ2v) is 4.17. The molecule has 0 aliphatic rings. The Morgan fingerprint density at radius 3 is 2.78 bits per heavy atom. The standard InChI is InChI=1S/C12H7ClF2N2O/c13-5-6-1-2-8-10(9(6)15)16-12(18)11-7(14)3-4-17(8)11/h1-4H,5H2,(H,16,18). The Labute approximate surface area is 105 Å². The molecule has 0 amide bonds. The zero-order valence-electron chi connectivity index (χ0n) is 9.01. The van der Waals surface area contributed by atoms with Crippen molar-refractivity contribution in [1.29, 1.82) is 0 Å². The van der Waals surface area contributed by atoms with Crippen LogP contribution < -0.4 is 5.56 Å². The van der Waals surface area contributed by atoms with E-state index in [1.165, 1.54) is 16.7 Å². The van der Waals surface area contributed by atoms with Gasteiger partial charge in [0.25, 0.3) is 5.56 Å². The summed E-state index contributed by atoms with van der Waals surface area (Å²) < 4.78 is 28.8. The third-order valence-corrected chi connectivity index (χ3v) is 3.18. The summed E-state index contributed by atoms with van der Waals surface area (Å²) in [5.41, 5.74) is -0.0935. The maximum atomic E-state index is 14.0. The number of benzene rings is 1. The SMILES string of the molecule is O=c1[nH]c2c(F)c(CCl)ccc2n2ccc(F)c12. The first-order valence-corrected chi connectivity index (χ1v) is 5.73. The maximum absolute atomic E-state index is 14.0. The molecule has 0 atom stereocenters. The molecular weight excluding hydrogens is 262 g/mol. The lowest BCUT2D eigenvalue weighted by Gasteiger charge is -2.06. The Morgan fingerprint density at radius 1 is 1.28 bits per heavy atom. The molecule has 0 saturated heterocycles. The quantitative estimate of drug-likeness (QED) is 0.677. The fourth-order valence-electron chi connectivity index (χ4n) is 2.03. The number of nitrogens with one attached hydrogen (secondary N) is 1. The van der Waals surface area contributed by atoms with E-state index in [1.807, 2.05) is 0 Å². The molecule has 0 radical (unpaired) electrons. The van der Waals surface area contributed by atoms with Crippen LogP contribution in [0.3, 0.4) is 0 Å². The van der Waals surface area contributed by atoms with Gasteiger partial charge in [-0.1, -0.05) is 6.07 Å². The maximum Gasteiger partial charge on any atom is 0.275 e. The van der Waals surface area contributed by atoms with Crippen molar-refractivity contribution in [2.75, 3.05) is 0 Å². The van der Waals surface area contributed by atoms with E-state index in [1.54, 1.807) is 6.07 Å². The molecule has 0 fully saturated rings. The number of aromatic amines is 1. The summed E-state index contributed by atoms with van der Waals surface area (Å²) in [7, 11) is 0. The van der Waals surface area contributed by atoms with Gasteiger partial charge < -0.3 is 9.38 Å². The van der Waals surface area contributed by atoms with Crippen molar-refractivity contribution < 1.29 is 8.78 Å². The first-order chi connectivity index (χ1) is 8.63. The molecule has 1 aromatic carbocycles. The molecule has 0 aliphatic heterocycles. The molecule has 2 aromatic heterocycles. The number of aromatic nitrogens is 2. The van der Waals surface area contributed by atoms with Crippen LogP contribution in [-0.4, -0.2) is 9.38 Å². The topological polar surface area (TPSA) is 37.3 Å². The van der Waals surface area contributed by atoms with Gasteiger partial charge in [0.05, 0.1) is 11.4 Å². The van der Waals surface area contributed by atoms with Gasteiger partial charge in [-0.05, 0) is 12.1 Å². The summed E-state index contributed by atoms with van der Waals surface area (Å²) in [5, 5.41) is 0. The molecule has 0 saturated carbocycles. The molecule has 3 nitrogen and oxygen atoms in total. The number of H-pyrrole nitrogens is 1. The highest BCUT2D eigenvalue weighted by molar-refractivity contribution is 6.17. The summed E-state index contributed by atoms with van der Waals surface area (Å²) in [5.74, 6) is -1.22. The minimum Gasteiger partial charge on any atom is -0.316 e. The first kappa shape index (κ1) is 11.2. The average Bonchev–Trinajstić information content (AvgIpc) is 2.74. The molecule has 0 unspecified atom stereocenters. The van der Waals surface area contributed by atoms with Gasteiger partial charge in [0.2, 0.25) is 0 Å². The van der Waals surface area contributed by atoms with Crippen molar-refractivity contribution in [2.24, 2.45) is 0 Å². The average molecular weight is 269 g/mol. The monoisotopic (exact) mass is 268 g/mol. The van der Waals surface area contributed by atoms with E-state index in [0.717, 1.165) is 6.07 Å². The zero-order chi connectivity index (χ0) is 12.9. The lowest BCUT2D eigenvalue weighted by atomic mass is 10.2. The molecule has 0 bridgehead atoms. The fraction of sp³-hybridized carbons (Fsp3) is 0.0833. The summed E-state index contributed by atoms with van der Waals surface area (Å²) in [6, 6.07) is 4.27. The van der Waals surface area contributed by atoms with E-state index in [4.69, 9.17) is 11.6 Å². The Kier molecular flexibility index (Phi) is 2.38. The Morgan fingerprint density at radius 2 is 2.06 bits per heavy atom. The van der Waals surface area contributed by atoms with Gasteiger partial charge in [-0.25, -0.2) is 8.78 Å². The van der Waals surface area contributed by atoms with Crippen molar-refractivity contribution in [3.63, 3.8) is 0 Å². The summed E-state index contributed by atoms with van der Waals surface area (Å²) in [6.45, 7) is 0. The van der Waals surface area contributed by atoms with E-state index < -0.39 is 17.2 Å². The lowest BCUT2D eigenvalue weighted by molar-refractivity contribution is 0.624. The van der Waals surface area contributed by atoms with Gasteiger partial charge in [0.1, 0.15) is 11.0 Å². The molecular formula is C12H7ClF2N2O. The smallest absolute Gasteiger partial charge is 0.275 e. The Balaban J connectivity index is 2.58. The van der Waals surface area contributed by atoms with Crippen LogP contribution in [0.5, 0.6) is 0 Å². The molecule has 6 heteroatoms. The van der Waals surface area contributed by atoms with Gasteiger partial charge in [0.15, 0.2) is 11.6 Å². The number of nitrogens with zero attached hydrogens (tertiary/aromatic N) is 1. The van der Waals surface area contributed by atoms with E-state index >= 15 is 0 Å². The van der Waals surface area contributed by atoms with Gasteiger partial charge >= 0.3 is 0 Å². The van der Waals surface area contributed by atoms with Crippen LogP contribution in [0.2, 0.25) is 0 Å². The highest BCUT2D eigenvalue weighted by Crippen LogP contribution is 2.21. The van der Waals surface area contributed by atoms with Gasteiger partial charge in [-0.3, -0.25) is 4.79 Å². The molecule has 0 spiro atoms. The van der Waals surface area contributed by atoms with Gasteiger partial charge in [0, 0.05) is 11.8 Å². The van der Waals surface area contributed by atoms with Crippen LogP contribution in [0.15, 0.2) is 29.2 Å². The van der Waals surface area contributed by atoms with E-state index in [-0.39, 0.29) is 22.5 Å². The molecule has 18 heavy (non-hydrogen) atoms. The number of rotatable bonds is 1. The Hall–Kier alpha value is -1.88. The van der Waals surface area contributed by atoms with Crippen molar-refractivity contribution in [3.05, 3.63) is 51.9 Å². The van der Waals surface area contributed by atoms with Crippen molar-refractivity contribution >= 4 is 28.2 Å². The minimum absolute atomic E-state index is 0.00187. The lowest BCUT2D eigenvalue weighted by Crippen LogP contribution is -2.12. The van der Waals surface area contributed by atoms with Crippen molar-refractivity contribution in [3.8, 4) is 0 Å². The second-order valence-electron chi connectivity index (χ2n) is 3.90. The number of alkyl halides is 1. The highest BCUT2D eigenvalue weighted by atomic mass is 35.5. The third kappa shape index (κ3) is 1.37. The van der Waals surface area contributed by atoms with Crippen LogP contribution in [0, 0.1) is 11.6 Å². The highest BCUT2D eigenvalue weighted by Gasteiger charge is 2.14. The molecule has 0 aliphatic carbocycles. The first-order valence-electron chi connectivity index (χ1n) is 5.19.